The fourth-order valence-electron chi connectivity index (χ4n) is 3.81. The molecule has 0 saturated carbocycles. The van der Waals surface area contributed by atoms with Crippen LogP contribution in [0.5, 0.6) is 5.75 Å². The molecule has 0 unspecified atom stereocenters. The number of ether oxygens (including phenoxy) is 1. The van der Waals surface area contributed by atoms with Crippen LogP contribution >= 0.6 is 0 Å². The summed E-state index contributed by atoms with van der Waals surface area (Å²) in [7, 11) is 0. The Bertz CT molecular complexity index is 851. The summed E-state index contributed by atoms with van der Waals surface area (Å²) in [4.78, 5) is 17.0. The number of aliphatic imine (C=N–C) groups is 1. The van der Waals surface area contributed by atoms with Crippen molar-refractivity contribution in [2.24, 2.45) is 4.99 Å². The van der Waals surface area contributed by atoms with Crippen LogP contribution in [0.15, 0.2) is 52.6 Å². The van der Waals surface area contributed by atoms with Gasteiger partial charge in [-0.2, -0.15) is 0 Å². The molecule has 2 aliphatic heterocycles. The van der Waals surface area contributed by atoms with Gasteiger partial charge in [0.15, 0.2) is 5.78 Å². The number of nitrogens with zero attached hydrogens (tertiary/aromatic N) is 1. The van der Waals surface area contributed by atoms with Gasteiger partial charge in [-0.25, -0.2) is 0 Å². The number of fused-ring (bicyclic) bond motifs is 1. The molecule has 1 aliphatic carbocycles. The molecule has 0 atom stereocenters. The Hall–Kier alpha value is -2.42. The van der Waals surface area contributed by atoms with Gasteiger partial charge in [-0.05, 0) is 53.7 Å². The highest BCUT2D eigenvalue weighted by molar-refractivity contribution is 6.01. The quantitative estimate of drug-likeness (QED) is 0.783. The summed E-state index contributed by atoms with van der Waals surface area (Å²) in [6.07, 6.45) is 11.6. The SMILES string of the molecule is CCC1(CC)CC(=O)c2cc(C3=CC(C4=CCN=C4)=CC3)ccc2O1. The molecule has 25 heavy (non-hydrogen) atoms. The summed E-state index contributed by atoms with van der Waals surface area (Å²) in [6, 6.07) is 6.05. The summed E-state index contributed by atoms with van der Waals surface area (Å²) < 4.78 is 6.23. The lowest BCUT2D eigenvalue weighted by Gasteiger charge is -2.36. The molecule has 128 valence electrons. The predicted molar refractivity (Wildman–Crippen MR) is 101 cm³/mol. The van der Waals surface area contributed by atoms with Gasteiger partial charge < -0.3 is 4.74 Å². The molecule has 0 bridgehead atoms. The summed E-state index contributed by atoms with van der Waals surface area (Å²) in [5.74, 6) is 0.935. The first-order valence-corrected chi connectivity index (χ1v) is 9.12. The zero-order valence-corrected chi connectivity index (χ0v) is 14.8. The molecule has 3 heteroatoms. The summed E-state index contributed by atoms with van der Waals surface area (Å²) in [6.45, 7) is 4.96. The number of benzene rings is 1. The van der Waals surface area contributed by atoms with Crippen LogP contribution in [0.1, 0.15) is 55.5 Å². The smallest absolute Gasteiger partial charge is 0.170 e. The Balaban J connectivity index is 1.63. The van der Waals surface area contributed by atoms with E-state index in [0.717, 1.165) is 42.7 Å². The van der Waals surface area contributed by atoms with Crippen LogP contribution in [0.3, 0.4) is 0 Å². The van der Waals surface area contributed by atoms with Crippen molar-refractivity contribution < 1.29 is 9.53 Å². The molecule has 0 aromatic heterocycles. The van der Waals surface area contributed by atoms with Gasteiger partial charge in [-0.3, -0.25) is 9.79 Å². The first kappa shape index (κ1) is 16.1. The number of hydrogen-bond donors (Lipinski definition) is 0. The van der Waals surface area contributed by atoms with Crippen LogP contribution in [-0.2, 0) is 0 Å². The highest BCUT2D eigenvalue weighted by Gasteiger charge is 2.37. The van der Waals surface area contributed by atoms with E-state index in [4.69, 9.17) is 4.74 Å². The second-order valence-electron chi connectivity index (χ2n) is 6.99. The molecule has 0 amide bonds. The lowest BCUT2D eigenvalue weighted by molar-refractivity contribution is 0.0350. The average Bonchev–Trinajstić information content (AvgIpc) is 3.32. The molecule has 3 aliphatic rings. The third-order valence-corrected chi connectivity index (χ3v) is 5.60. The second-order valence-corrected chi connectivity index (χ2v) is 6.99. The summed E-state index contributed by atoms with van der Waals surface area (Å²) in [5.41, 5.74) is 5.18. The molecule has 1 aromatic rings. The lowest BCUT2D eigenvalue weighted by atomic mass is 9.85. The van der Waals surface area contributed by atoms with E-state index in [0.29, 0.717) is 6.42 Å². The van der Waals surface area contributed by atoms with Crippen molar-refractivity contribution in [3.05, 3.63) is 58.7 Å². The van der Waals surface area contributed by atoms with E-state index in [1.165, 1.54) is 16.7 Å². The molecule has 0 N–H and O–H groups in total. The normalized spacial score (nSPS) is 20.7. The fraction of sp³-hybridized carbons (Fsp3) is 0.364. The van der Waals surface area contributed by atoms with Crippen molar-refractivity contribution in [3.8, 4) is 5.75 Å². The van der Waals surface area contributed by atoms with Gasteiger partial charge in [0.05, 0.1) is 18.5 Å². The molecule has 0 radical (unpaired) electrons. The predicted octanol–water partition coefficient (Wildman–Crippen LogP) is 4.93. The van der Waals surface area contributed by atoms with Gasteiger partial charge >= 0.3 is 0 Å². The summed E-state index contributed by atoms with van der Waals surface area (Å²) >= 11 is 0. The molecule has 0 fully saturated rings. The van der Waals surface area contributed by atoms with Crippen molar-refractivity contribution in [1.29, 1.82) is 0 Å². The van der Waals surface area contributed by atoms with E-state index in [-0.39, 0.29) is 11.4 Å². The molecular weight excluding hydrogens is 310 g/mol. The minimum atomic E-state index is -0.332. The van der Waals surface area contributed by atoms with Gasteiger partial charge in [0.2, 0.25) is 0 Å². The standard InChI is InChI=1S/C22H23NO2/c1-3-22(4-2)13-20(24)19-12-17(7-8-21(19)25-22)15-5-6-16(11-15)18-9-10-23-14-18/h6-9,11-12,14H,3-5,10,13H2,1-2H3. The fourth-order valence-corrected chi connectivity index (χ4v) is 3.81. The van der Waals surface area contributed by atoms with Gasteiger partial charge in [0, 0.05) is 6.21 Å². The second kappa shape index (κ2) is 6.14. The highest BCUT2D eigenvalue weighted by atomic mass is 16.5. The van der Waals surface area contributed by atoms with Gasteiger partial charge in [-0.15, -0.1) is 0 Å². The number of Topliss-reactive ketones (excluding diaryl/α,β-unsaturated/α-hetero) is 1. The minimum absolute atomic E-state index is 0.198. The van der Waals surface area contributed by atoms with Crippen LogP contribution in [0.4, 0.5) is 0 Å². The molecular formula is C22H23NO2. The number of carbonyl (C=O) groups is 1. The van der Waals surface area contributed by atoms with Crippen LogP contribution < -0.4 is 4.74 Å². The lowest BCUT2D eigenvalue weighted by Crippen LogP contribution is -2.40. The number of carbonyl (C=O) groups excluding carboxylic acids is 1. The van der Waals surface area contributed by atoms with Crippen LogP contribution in [0.25, 0.3) is 5.57 Å². The third-order valence-electron chi connectivity index (χ3n) is 5.60. The Kier molecular flexibility index (Phi) is 3.95. The largest absolute Gasteiger partial charge is 0.486 e. The Morgan fingerprint density at radius 1 is 1.16 bits per heavy atom. The third kappa shape index (κ3) is 2.78. The van der Waals surface area contributed by atoms with E-state index < -0.39 is 0 Å². The molecule has 4 rings (SSSR count). The maximum atomic E-state index is 12.7. The van der Waals surface area contributed by atoms with Gasteiger partial charge in [0.25, 0.3) is 0 Å². The molecule has 2 heterocycles. The first-order chi connectivity index (χ1) is 12.1. The Morgan fingerprint density at radius 2 is 2.00 bits per heavy atom. The number of ketones is 1. The Morgan fingerprint density at radius 3 is 2.72 bits per heavy atom. The van der Waals surface area contributed by atoms with E-state index >= 15 is 0 Å². The van der Waals surface area contributed by atoms with Crippen LogP contribution in [0, 0.1) is 0 Å². The first-order valence-electron chi connectivity index (χ1n) is 9.12. The van der Waals surface area contributed by atoms with E-state index in [1.807, 2.05) is 18.3 Å². The Labute approximate surface area is 148 Å². The number of allylic oxidation sites excluding steroid dienone is 5. The van der Waals surface area contributed by atoms with Crippen molar-refractivity contribution >= 4 is 17.6 Å². The maximum Gasteiger partial charge on any atom is 0.170 e. The van der Waals surface area contributed by atoms with E-state index in [1.54, 1.807) is 0 Å². The van der Waals surface area contributed by atoms with Crippen molar-refractivity contribution in [2.45, 2.75) is 45.1 Å². The van der Waals surface area contributed by atoms with Gasteiger partial charge in [-0.1, -0.05) is 38.1 Å². The molecule has 0 spiro atoms. The van der Waals surface area contributed by atoms with E-state index in [9.17, 15) is 4.79 Å². The maximum absolute atomic E-state index is 12.7. The topological polar surface area (TPSA) is 38.7 Å². The van der Waals surface area contributed by atoms with Crippen molar-refractivity contribution in [3.63, 3.8) is 0 Å². The van der Waals surface area contributed by atoms with Crippen molar-refractivity contribution in [1.82, 2.24) is 0 Å². The zero-order chi connectivity index (χ0) is 17.4. The van der Waals surface area contributed by atoms with Crippen LogP contribution in [0.2, 0.25) is 0 Å². The molecule has 0 saturated heterocycles. The highest BCUT2D eigenvalue weighted by Crippen LogP contribution is 2.39. The number of hydrogen-bond acceptors (Lipinski definition) is 3. The van der Waals surface area contributed by atoms with Crippen LogP contribution in [-0.4, -0.2) is 24.1 Å². The average molecular weight is 333 g/mol. The number of rotatable bonds is 4. The minimum Gasteiger partial charge on any atom is -0.486 e. The monoisotopic (exact) mass is 333 g/mol. The molecule has 3 nitrogen and oxygen atoms in total. The van der Waals surface area contributed by atoms with Gasteiger partial charge in [0.1, 0.15) is 11.4 Å². The summed E-state index contributed by atoms with van der Waals surface area (Å²) in [5, 5.41) is 0. The molecule has 1 aromatic carbocycles. The van der Waals surface area contributed by atoms with E-state index in [2.05, 4.69) is 43.1 Å². The van der Waals surface area contributed by atoms with Crippen molar-refractivity contribution in [2.75, 3.05) is 6.54 Å². The zero-order valence-electron chi connectivity index (χ0n) is 14.8.